The van der Waals surface area contributed by atoms with Crippen LogP contribution in [0.15, 0.2) is 0 Å². The van der Waals surface area contributed by atoms with Crippen LogP contribution in [0.5, 0.6) is 0 Å². The van der Waals surface area contributed by atoms with Gasteiger partial charge in [-0.05, 0) is 19.3 Å². The summed E-state index contributed by atoms with van der Waals surface area (Å²) in [6, 6.07) is 0.713. The molecule has 1 unspecified atom stereocenters. The van der Waals surface area contributed by atoms with Crippen molar-refractivity contribution in [1.29, 1.82) is 0 Å². The van der Waals surface area contributed by atoms with Crippen LogP contribution in [0.2, 0.25) is 0 Å². The lowest BCUT2D eigenvalue weighted by Gasteiger charge is -2.19. The summed E-state index contributed by atoms with van der Waals surface area (Å²) in [6.45, 7) is 3.88. The molecule has 1 aliphatic heterocycles. The molecule has 1 N–H and O–H groups in total. The van der Waals surface area contributed by atoms with Gasteiger partial charge in [-0.1, -0.05) is 0 Å². The van der Waals surface area contributed by atoms with Gasteiger partial charge in [-0.2, -0.15) is 0 Å². The maximum absolute atomic E-state index is 8.89. The third kappa shape index (κ3) is 1.42. The van der Waals surface area contributed by atoms with Crippen molar-refractivity contribution in [3.05, 3.63) is 0 Å². The standard InChI is InChI=1S/C8H15NOS/c1-6-9(2-3-11-6)8-4-7(8)5-10/h6-8,10H,2-5H2,1H3/t6?,7-,8+/m0/s1. The summed E-state index contributed by atoms with van der Waals surface area (Å²) in [6.07, 6.45) is 1.22. The fourth-order valence-electron chi connectivity index (χ4n) is 1.88. The second-order valence-electron chi connectivity index (χ2n) is 3.45. The van der Waals surface area contributed by atoms with Crippen LogP contribution < -0.4 is 0 Å². The van der Waals surface area contributed by atoms with E-state index in [2.05, 4.69) is 11.8 Å². The smallest absolute Gasteiger partial charge is 0.0532 e. The van der Waals surface area contributed by atoms with Gasteiger partial charge in [-0.3, -0.25) is 4.90 Å². The first kappa shape index (κ1) is 7.90. The first-order chi connectivity index (χ1) is 5.33. The Morgan fingerprint density at radius 1 is 1.64 bits per heavy atom. The zero-order valence-corrected chi connectivity index (χ0v) is 7.68. The third-order valence-electron chi connectivity index (χ3n) is 2.72. The number of hydrogen-bond donors (Lipinski definition) is 1. The highest BCUT2D eigenvalue weighted by Crippen LogP contribution is 2.40. The summed E-state index contributed by atoms with van der Waals surface area (Å²) in [4.78, 5) is 2.53. The molecule has 3 atom stereocenters. The Labute approximate surface area is 72.0 Å². The Kier molecular flexibility index (Phi) is 2.12. The number of thioether (sulfide) groups is 1. The molecule has 0 aromatic rings. The van der Waals surface area contributed by atoms with Crippen LogP contribution in [0.1, 0.15) is 13.3 Å². The van der Waals surface area contributed by atoms with Crippen molar-refractivity contribution in [3.8, 4) is 0 Å². The predicted octanol–water partition coefficient (Wildman–Crippen LogP) is 0.762. The maximum atomic E-state index is 8.89. The molecule has 1 saturated carbocycles. The number of aliphatic hydroxyl groups is 1. The van der Waals surface area contributed by atoms with E-state index in [1.807, 2.05) is 11.8 Å². The van der Waals surface area contributed by atoms with Crippen molar-refractivity contribution < 1.29 is 5.11 Å². The molecule has 0 aromatic carbocycles. The highest BCUT2D eigenvalue weighted by atomic mass is 32.2. The van der Waals surface area contributed by atoms with Crippen molar-refractivity contribution in [2.24, 2.45) is 5.92 Å². The van der Waals surface area contributed by atoms with E-state index in [4.69, 9.17) is 5.11 Å². The Hall–Kier alpha value is 0.270. The van der Waals surface area contributed by atoms with Crippen LogP contribution in [0.25, 0.3) is 0 Å². The average molecular weight is 173 g/mol. The lowest BCUT2D eigenvalue weighted by atomic mass is 10.4. The Balaban J connectivity index is 1.86. The van der Waals surface area contributed by atoms with Crippen LogP contribution in [0.3, 0.4) is 0 Å². The predicted molar refractivity (Wildman–Crippen MR) is 47.6 cm³/mol. The van der Waals surface area contributed by atoms with Crippen LogP contribution in [0, 0.1) is 5.92 Å². The molecule has 2 fully saturated rings. The molecular formula is C8H15NOS. The van der Waals surface area contributed by atoms with Crippen molar-refractivity contribution in [2.75, 3.05) is 18.9 Å². The molecule has 0 bridgehead atoms. The van der Waals surface area contributed by atoms with Gasteiger partial charge < -0.3 is 5.11 Å². The lowest BCUT2D eigenvalue weighted by molar-refractivity contribution is 0.226. The molecule has 1 aliphatic carbocycles. The summed E-state index contributed by atoms with van der Waals surface area (Å²) in [7, 11) is 0. The lowest BCUT2D eigenvalue weighted by Crippen LogP contribution is -2.30. The van der Waals surface area contributed by atoms with Crippen LogP contribution in [-0.2, 0) is 0 Å². The Morgan fingerprint density at radius 2 is 2.45 bits per heavy atom. The Bertz CT molecular complexity index is 153. The number of hydrogen-bond acceptors (Lipinski definition) is 3. The molecule has 0 spiro atoms. The minimum Gasteiger partial charge on any atom is -0.396 e. The number of aliphatic hydroxyl groups excluding tert-OH is 1. The monoisotopic (exact) mass is 173 g/mol. The molecule has 2 rings (SSSR count). The van der Waals surface area contributed by atoms with Crippen LogP contribution in [-0.4, -0.2) is 40.3 Å². The minimum absolute atomic E-state index is 0.387. The van der Waals surface area contributed by atoms with Crippen LogP contribution >= 0.6 is 11.8 Å². The van der Waals surface area contributed by atoms with Crippen molar-refractivity contribution in [1.82, 2.24) is 4.90 Å². The first-order valence-electron chi connectivity index (χ1n) is 4.31. The second kappa shape index (κ2) is 2.96. The molecular weight excluding hydrogens is 158 g/mol. The van der Waals surface area contributed by atoms with Gasteiger partial charge in [0, 0.05) is 24.9 Å². The Morgan fingerprint density at radius 3 is 2.91 bits per heavy atom. The quantitative estimate of drug-likeness (QED) is 0.667. The second-order valence-corrected chi connectivity index (χ2v) is 4.88. The van der Waals surface area contributed by atoms with Gasteiger partial charge in [0.15, 0.2) is 0 Å². The molecule has 2 nitrogen and oxygen atoms in total. The summed E-state index contributed by atoms with van der Waals surface area (Å²) < 4.78 is 0. The fourth-order valence-corrected chi connectivity index (χ4v) is 2.99. The highest BCUT2D eigenvalue weighted by molar-refractivity contribution is 8.00. The van der Waals surface area contributed by atoms with E-state index < -0.39 is 0 Å². The van der Waals surface area contributed by atoms with Gasteiger partial charge in [-0.15, -0.1) is 11.8 Å². The molecule has 3 heteroatoms. The van der Waals surface area contributed by atoms with Gasteiger partial charge in [0.1, 0.15) is 0 Å². The average Bonchev–Trinajstić information content (AvgIpc) is 2.68. The molecule has 11 heavy (non-hydrogen) atoms. The molecule has 64 valence electrons. The highest BCUT2D eigenvalue weighted by Gasteiger charge is 2.44. The maximum Gasteiger partial charge on any atom is 0.0532 e. The van der Waals surface area contributed by atoms with Gasteiger partial charge in [0.2, 0.25) is 0 Å². The first-order valence-corrected chi connectivity index (χ1v) is 5.36. The van der Waals surface area contributed by atoms with Gasteiger partial charge >= 0.3 is 0 Å². The van der Waals surface area contributed by atoms with E-state index in [0.717, 1.165) is 0 Å². The normalized spacial score (nSPS) is 44.7. The van der Waals surface area contributed by atoms with Crippen molar-refractivity contribution in [3.63, 3.8) is 0 Å². The summed E-state index contributed by atoms with van der Waals surface area (Å²) in [5, 5.41) is 9.58. The summed E-state index contributed by atoms with van der Waals surface area (Å²) >= 11 is 2.03. The molecule has 0 amide bonds. The van der Waals surface area contributed by atoms with Gasteiger partial charge in [-0.25, -0.2) is 0 Å². The summed E-state index contributed by atoms with van der Waals surface area (Å²) in [5.41, 5.74) is 0. The van der Waals surface area contributed by atoms with E-state index in [1.54, 1.807) is 0 Å². The zero-order chi connectivity index (χ0) is 7.84. The van der Waals surface area contributed by atoms with E-state index in [-0.39, 0.29) is 0 Å². The van der Waals surface area contributed by atoms with Crippen molar-refractivity contribution >= 4 is 11.8 Å². The zero-order valence-electron chi connectivity index (χ0n) is 6.86. The summed E-state index contributed by atoms with van der Waals surface area (Å²) in [5.74, 6) is 1.87. The number of nitrogens with zero attached hydrogens (tertiary/aromatic N) is 1. The molecule has 2 aliphatic rings. The van der Waals surface area contributed by atoms with Crippen molar-refractivity contribution in [2.45, 2.75) is 24.8 Å². The van der Waals surface area contributed by atoms with Gasteiger partial charge in [0.25, 0.3) is 0 Å². The SMILES string of the molecule is CC1SCCN1[C@@H]1C[C@H]1CO. The third-order valence-corrected chi connectivity index (χ3v) is 3.89. The van der Waals surface area contributed by atoms with Gasteiger partial charge in [0.05, 0.1) is 5.37 Å². The van der Waals surface area contributed by atoms with E-state index in [1.165, 1.54) is 18.7 Å². The number of rotatable bonds is 2. The largest absolute Gasteiger partial charge is 0.396 e. The molecule has 1 heterocycles. The fraction of sp³-hybridized carbons (Fsp3) is 1.00. The molecule has 0 radical (unpaired) electrons. The molecule has 1 saturated heterocycles. The van der Waals surface area contributed by atoms with E-state index >= 15 is 0 Å². The minimum atomic E-state index is 0.387. The topological polar surface area (TPSA) is 23.5 Å². The van der Waals surface area contributed by atoms with E-state index in [9.17, 15) is 0 Å². The van der Waals surface area contributed by atoms with Crippen LogP contribution in [0.4, 0.5) is 0 Å². The molecule has 0 aromatic heterocycles. The van der Waals surface area contributed by atoms with E-state index in [0.29, 0.717) is 23.9 Å².